The molecule has 1 aliphatic carbocycles. The van der Waals surface area contributed by atoms with Gasteiger partial charge in [0.25, 0.3) is 0 Å². The van der Waals surface area contributed by atoms with Crippen LogP contribution in [0.4, 0.5) is 5.69 Å². The van der Waals surface area contributed by atoms with Gasteiger partial charge in [-0.15, -0.1) is 0 Å². The quantitative estimate of drug-likeness (QED) is 0.763. The highest BCUT2D eigenvalue weighted by molar-refractivity contribution is 5.78. The van der Waals surface area contributed by atoms with E-state index >= 15 is 0 Å². The average Bonchev–Trinajstić information content (AvgIpc) is 2.62. The van der Waals surface area contributed by atoms with Crippen molar-refractivity contribution < 1.29 is 4.79 Å². The zero-order valence-corrected chi connectivity index (χ0v) is 14.2. The van der Waals surface area contributed by atoms with Gasteiger partial charge in [-0.25, -0.2) is 0 Å². The summed E-state index contributed by atoms with van der Waals surface area (Å²) in [5, 5.41) is 6.37. The molecule has 0 aliphatic heterocycles. The lowest BCUT2D eigenvalue weighted by molar-refractivity contribution is -0.120. The fraction of sp³-hybridized carbons (Fsp3) is 0.381. The highest BCUT2D eigenvalue weighted by Gasteiger charge is 2.10. The number of fused-ring (bicyclic) bond motifs is 1. The van der Waals surface area contributed by atoms with Gasteiger partial charge in [-0.2, -0.15) is 0 Å². The molecule has 2 N–H and O–H groups in total. The van der Waals surface area contributed by atoms with Gasteiger partial charge in [0.15, 0.2) is 0 Å². The molecule has 0 bridgehead atoms. The first kappa shape index (κ1) is 16.6. The predicted molar refractivity (Wildman–Crippen MR) is 99.3 cm³/mol. The molecule has 3 nitrogen and oxygen atoms in total. The summed E-state index contributed by atoms with van der Waals surface area (Å²) in [5.74, 6) is 0.116. The van der Waals surface area contributed by atoms with Gasteiger partial charge in [-0.3, -0.25) is 4.79 Å². The number of hydrogen-bond acceptors (Lipinski definition) is 2. The molecule has 1 amide bonds. The van der Waals surface area contributed by atoms with Gasteiger partial charge in [0.1, 0.15) is 0 Å². The maximum Gasteiger partial charge on any atom is 0.224 e. The number of amides is 1. The van der Waals surface area contributed by atoms with Crippen molar-refractivity contribution in [3.05, 3.63) is 65.2 Å². The van der Waals surface area contributed by atoms with Crippen LogP contribution in [0.5, 0.6) is 0 Å². The van der Waals surface area contributed by atoms with Gasteiger partial charge in [0.2, 0.25) is 5.91 Å². The van der Waals surface area contributed by atoms with E-state index in [0.29, 0.717) is 13.0 Å². The van der Waals surface area contributed by atoms with E-state index in [4.69, 9.17) is 0 Å². The lowest BCUT2D eigenvalue weighted by atomic mass is 9.90. The van der Waals surface area contributed by atoms with E-state index < -0.39 is 0 Å². The average molecular weight is 322 g/mol. The summed E-state index contributed by atoms with van der Waals surface area (Å²) in [7, 11) is 0. The minimum Gasteiger partial charge on any atom is -0.385 e. The molecule has 126 valence electrons. The SMILES string of the molecule is O=C(Cc1ccc2c(c1)CCCC2)NCCCNc1ccccc1. The predicted octanol–water partition coefficient (Wildman–Crippen LogP) is 3.73. The fourth-order valence-corrected chi connectivity index (χ4v) is 3.25. The Kier molecular flexibility index (Phi) is 5.89. The first-order chi connectivity index (χ1) is 11.8. The van der Waals surface area contributed by atoms with E-state index in [1.165, 1.54) is 30.4 Å². The summed E-state index contributed by atoms with van der Waals surface area (Å²) in [6, 6.07) is 16.7. The normalized spacial score (nSPS) is 13.2. The summed E-state index contributed by atoms with van der Waals surface area (Å²) in [5.41, 5.74) is 5.17. The van der Waals surface area contributed by atoms with Crippen LogP contribution in [-0.4, -0.2) is 19.0 Å². The zero-order valence-electron chi connectivity index (χ0n) is 14.2. The molecule has 0 spiro atoms. The maximum atomic E-state index is 12.1. The Hall–Kier alpha value is -2.29. The van der Waals surface area contributed by atoms with E-state index in [9.17, 15) is 4.79 Å². The Bertz CT molecular complexity index is 667. The molecule has 0 heterocycles. The number of rotatable bonds is 7. The van der Waals surface area contributed by atoms with Gasteiger partial charge in [-0.1, -0.05) is 36.4 Å². The van der Waals surface area contributed by atoms with Crippen LogP contribution in [0.15, 0.2) is 48.5 Å². The first-order valence-corrected chi connectivity index (χ1v) is 8.97. The number of hydrogen-bond donors (Lipinski definition) is 2. The summed E-state index contributed by atoms with van der Waals surface area (Å²) in [4.78, 5) is 12.1. The summed E-state index contributed by atoms with van der Waals surface area (Å²) < 4.78 is 0. The van der Waals surface area contributed by atoms with Crippen LogP contribution in [-0.2, 0) is 24.1 Å². The van der Waals surface area contributed by atoms with Crippen molar-refractivity contribution in [2.45, 2.75) is 38.5 Å². The Balaban J connectivity index is 1.37. The molecule has 0 atom stereocenters. The van der Waals surface area contributed by atoms with Crippen LogP contribution in [0.1, 0.15) is 36.0 Å². The van der Waals surface area contributed by atoms with E-state index in [0.717, 1.165) is 30.6 Å². The van der Waals surface area contributed by atoms with Crippen molar-refractivity contribution in [2.75, 3.05) is 18.4 Å². The molecule has 0 aromatic heterocycles. The van der Waals surface area contributed by atoms with E-state index in [1.54, 1.807) is 0 Å². The van der Waals surface area contributed by atoms with E-state index in [2.05, 4.69) is 41.0 Å². The Labute approximate surface area is 144 Å². The molecule has 1 aliphatic rings. The lowest BCUT2D eigenvalue weighted by Crippen LogP contribution is -2.27. The van der Waals surface area contributed by atoms with Gasteiger partial charge in [0.05, 0.1) is 6.42 Å². The van der Waals surface area contributed by atoms with Crippen LogP contribution >= 0.6 is 0 Å². The number of carbonyl (C=O) groups is 1. The van der Waals surface area contributed by atoms with Crippen molar-refractivity contribution in [1.82, 2.24) is 5.32 Å². The third kappa shape index (κ3) is 4.85. The van der Waals surface area contributed by atoms with Crippen molar-refractivity contribution in [1.29, 1.82) is 0 Å². The highest BCUT2D eigenvalue weighted by Crippen LogP contribution is 2.22. The Morgan fingerprint density at radius 1 is 0.917 bits per heavy atom. The molecule has 0 radical (unpaired) electrons. The van der Waals surface area contributed by atoms with Gasteiger partial charge >= 0.3 is 0 Å². The van der Waals surface area contributed by atoms with Gasteiger partial charge in [0, 0.05) is 18.8 Å². The number of carbonyl (C=O) groups excluding carboxylic acids is 1. The van der Waals surface area contributed by atoms with Crippen LogP contribution in [0.2, 0.25) is 0 Å². The molecule has 0 saturated carbocycles. The molecular weight excluding hydrogens is 296 g/mol. The standard InChI is InChI=1S/C21H26N2O/c24-21(23-14-6-13-22-20-9-2-1-3-10-20)16-17-11-12-18-7-4-5-8-19(18)15-17/h1-3,9-12,15,22H,4-8,13-14,16H2,(H,23,24). The summed E-state index contributed by atoms with van der Waals surface area (Å²) >= 11 is 0. The monoisotopic (exact) mass is 322 g/mol. The number of para-hydroxylation sites is 1. The molecule has 3 rings (SSSR count). The minimum absolute atomic E-state index is 0.116. The van der Waals surface area contributed by atoms with Crippen molar-refractivity contribution in [3.63, 3.8) is 0 Å². The third-order valence-corrected chi connectivity index (χ3v) is 4.56. The zero-order chi connectivity index (χ0) is 16.6. The van der Waals surface area contributed by atoms with Crippen molar-refractivity contribution in [2.24, 2.45) is 0 Å². The second-order valence-electron chi connectivity index (χ2n) is 6.48. The molecule has 0 unspecified atom stereocenters. The van der Waals surface area contributed by atoms with Crippen LogP contribution in [0.25, 0.3) is 0 Å². The Morgan fingerprint density at radius 3 is 2.54 bits per heavy atom. The molecule has 0 saturated heterocycles. The molecule has 2 aromatic carbocycles. The van der Waals surface area contributed by atoms with Crippen LogP contribution in [0.3, 0.4) is 0 Å². The molecule has 24 heavy (non-hydrogen) atoms. The summed E-state index contributed by atoms with van der Waals surface area (Å²) in [6.07, 6.45) is 6.33. The van der Waals surface area contributed by atoms with Gasteiger partial charge in [-0.05, 0) is 60.9 Å². The molecule has 2 aromatic rings. The number of benzene rings is 2. The van der Waals surface area contributed by atoms with Gasteiger partial charge < -0.3 is 10.6 Å². The second-order valence-corrected chi connectivity index (χ2v) is 6.48. The van der Waals surface area contributed by atoms with E-state index in [-0.39, 0.29) is 5.91 Å². The van der Waals surface area contributed by atoms with E-state index in [1.807, 2.05) is 18.2 Å². The smallest absolute Gasteiger partial charge is 0.224 e. The van der Waals surface area contributed by atoms with Crippen LogP contribution in [0, 0.1) is 0 Å². The third-order valence-electron chi connectivity index (χ3n) is 4.56. The highest BCUT2D eigenvalue weighted by atomic mass is 16.1. The lowest BCUT2D eigenvalue weighted by Gasteiger charge is -2.16. The largest absolute Gasteiger partial charge is 0.385 e. The maximum absolute atomic E-state index is 12.1. The fourth-order valence-electron chi connectivity index (χ4n) is 3.25. The second kappa shape index (κ2) is 8.53. The number of nitrogens with one attached hydrogen (secondary N) is 2. The first-order valence-electron chi connectivity index (χ1n) is 8.97. The summed E-state index contributed by atoms with van der Waals surface area (Å²) in [6.45, 7) is 1.58. The molecular formula is C21H26N2O. The minimum atomic E-state index is 0.116. The Morgan fingerprint density at radius 2 is 1.71 bits per heavy atom. The molecule has 0 fully saturated rings. The molecule has 3 heteroatoms. The number of anilines is 1. The topological polar surface area (TPSA) is 41.1 Å². The van der Waals surface area contributed by atoms with Crippen molar-refractivity contribution >= 4 is 11.6 Å². The number of aryl methyl sites for hydroxylation is 2. The van der Waals surface area contributed by atoms with Crippen LogP contribution < -0.4 is 10.6 Å². The van der Waals surface area contributed by atoms with Crippen molar-refractivity contribution in [3.8, 4) is 0 Å².